The molecule has 2 unspecified atom stereocenters. The van der Waals surface area contributed by atoms with E-state index in [0.717, 1.165) is 12.8 Å². The van der Waals surface area contributed by atoms with Crippen LogP contribution in [0.15, 0.2) is 48.6 Å². The number of aliphatic hydroxyl groups excluding tert-OH is 2. The van der Waals surface area contributed by atoms with Crippen molar-refractivity contribution >= 4 is 5.97 Å². The van der Waals surface area contributed by atoms with E-state index in [2.05, 4.69) is 19.1 Å². The van der Waals surface area contributed by atoms with Crippen molar-refractivity contribution in [2.24, 2.45) is 0 Å². The number of unbranched alkanes of at least 4 members (excludes halogenated alkanes) is 3. The summed E-state index contributed by atoms with van der Waals surface area (Å²) in [7, 11) is 0. The lowest BCUT2D eigenvalue weighted by molar-refractivity contribution is -0.137. The van der Waals surface area contributed by atoms with Gasteiger partial charge in [0.1, 0.15) is 0 Å². The van der Waals surface area contributed by atoms with E-state index >= 15 is 0 Å². The van der Waals surface area contributed by atoms with Crippen LogP contribution in [0.5, 0.6) is 0 Å². The van der Waals surface area contributed by atoms with Gasteiger partial charge in [-0.05, 0) is 32.1 Å². The highest BCUT2D eigenvalue weighted by Crippen LogP contribution is 2.03. The molecule has 0 fully saturated rings. The molecule has 0 saturated carbocycles. The first kappa shape index (κ1) is 22.4. The molecule has 24 heavy (non-hydrogen) atoms. The maximum atomic E-state index is 10.4. The number of aliphatic hydroxyl groups is 2. The van der Waals surface area contributed by atoms with Crippen molar-refractivity contribution in [3.05, 3.63) is 48.6 Å². The molecular weight excluding hydrogens is 304 g/mol. The molecule has 0 spiro atoms. The summed E-state index contributed by atoms with van der Waals surface area (Å²) < 4.78 is 0. The van der Waals surface area contributed by atoms with Gasteiger partial charge in [0.15, 0.2) is 0 Å². The van der Waals surface area contributed by atoms with E-state index in [9.17, 15) is 15.0 Å². The molecule has 0 aliphatic rings. The molecule has 4 nitrogen and oxygen atoms in total. The zero-order chi connectivity index (χ0) is 18.0. The van der Waals surface area contributed by atoms with Crippen LogP contribution in [0.4, 0.5) is 0 Å². The number of carboxylic acid groups (broad SMARTS) is 1. The number of rotatable bonds is 14. The van der Waals surface area contributed by atoms with Gasteiger partial charge in [0.2, 0.25) is 0 Å². The van der Waals surface area contributed by atoms with Gasteiger partial charge in [-0.1, -0.05) is 68.4 Å². The Morgan fingerprint density at radius 1 is 0.958 bits per heavy atom. The summed E-state index contributed by atoms with van der Waals surface area (Å²) in [5.41, 5.74) is 0. The van der Waals surface area contributed by atoms with E-state index in [-0.39, 0.29) is 12.8 Å². The minimum atomic E-state index is -0.923. The molecule has 0 aliphatic heterocycles. The normalized spacial score (nSPS) is 15.1. The zero-order valence-corrected chi connectivity index (χ0v) is 14.7. The Labute approximate surface area is 145 Å². The largest absolute Gasteiger partial charge is 0.481 e. The quantitative estimate of drug-likeness (QED) is 0.253. The standard InChI is InChI=1S/C20H32O4/c1-2-3-4-5-6-7-8-9-10-11-13-18(21)14-12-15-19(22)16-17-20(23)24/h6-7,9-13,15,18-19,21-22H,2-5,8,14,16-17H2,1H3,(H,23,24)/b7-6-,10-9-,13-11+,15-12-. The van der Waals surface area contributed by atoms with Crippen molar-refractivity contribution in [1.29, 1.82) is 0 Å². The van der Waals surface area contributed by atoms with Gasteiger partial charge in [0.05, 0.1) is 12.2 Å². The third-order valence-corrected chi connectivity index (χ3v) is 3.38. The lowest BCUT2D eigenvalue weighted by atomic mass is 10.1. The van der Waals surface area contributed by atoms with Crippen LogP contribution in [0.2, 0.25) is 0 Å². The molecule has 0 aromatic heterocycles. The maximum Gasteiger partial charge on any atom is 0.303 e. The Morgan fingerprint density at radius 2 is 1.75 bits per heavy atom. The van der Waals surface area contributed by atoms with Crippen LogP contribution in [0.25, 0.3) is 0 Å². The first-order chi connectivity index (χ1) is 11.6. The second-order valence-electron chi connectivity index (χ2n) is 5.75. The number of carboxylic acids is 1. The summed E-state index contributed by atoms with van der Waals surface area (Å²) in [5.74, 6) is -0.923. The van der Waals surface area contributed by atoms with Crippen molar-refractivity contribution in [3.8, 4) is 0 Å². The minimum Gasteiger partial charge on any atom is -0.481 e. The average Bonchev–Trinajstić information content (AvgIpc) is 2.54. The Bertz CT molecular complexity index is 421. The van der Waals surface area contributed by atoms with E-state index in [1.807, 2.05) is 18.2 Å². The number of allylic oxidation sites excluding steroid dienone is 5. The number of hydrogen-bond donors (Lipinski definition) is 3. The van der Waals surface area contributed by atoms with Crippen LogP contribution < -0.4 is 0 Å². The van der Waals surface area contributed by atoms with Gasteiger partial charge < -0.3 is 15.3 Å². The van der Waals surface area contributed by atoms with E-state index in [4.69, 9.17) is 5.11 Å². The van der Waals surface area contributed by atoms with E-state index in [0.29, 0.717) is 6.42 Å². The van der Waals surface area contributed by atoms with Crippen LogP contribution in [-0.4, -0.2) is 33.5 Å². The lowest BCUT2D eigenvalue weighted by Gasteiger charge is -2.03. The van der Waals surface area contributed by atoms with Gasteiger partial charge >= 0.3 is 5.97 Å². The fourth-order valence-electron chi connectivity index (χ4n) is 1.98. The zero-order valence-electron chi connectivity index (χ0n) is 14.7. The average molecular weight is 336 g/mol. The molecule has 0 radical (unpaired) electrons. The van der Waals surface area contributed by atoms with Gasteiger partial charge in [-0.15, -0.1) is 0 Å². The van der Waals surface area contributed by atoms with Crippen LogP contribution in [-0.2, 0) is 4.79 Å². The smallest absolute Gasteiger partial charge is 0.303 e. The molecular formula is C20H32O4. The van der Waals surface area contributed by atoms with Crippen molar-refractivity contribution in [2.45, 2.75) is 70.5 Å². The highest BCUT2D eigenvalue weighted by Gasteiger charge is 2.03. The van der Waals surface area contributed by atoms with Crippen molar-refractivity contribution in [2.75, 3.05) is 0 Å². The summed E-state index contributed by atoms with van der Waals surface area (Å²) in [6, 6.07) is 0. The number of carbonyl (C=O) groups is 1. The molecule has 0 bridgehead atoms. The van der Waals surface area contributed by atoms with Gasteiger partial charge in [-0.25, -0.2) is 0 Å². The molecule has 0 heterocycles. The van der Waals surface area contributed by atoms with E-state index in [1.165, 1.54) is 25.3 Å². The lowest BCUT2D eigenvalue weighted by Crippen LogP contribution is -2.06. The van der Waals surface area contributed by atoms with Crippen molar-refractivity contribution in [1.82, 2.24) is 0 Å². The minimum absolute atomic E-state index is 0.0637. The third-order valence-electron chi connectivity index (χ3n) is 3.38. The summed E-state index contributed by atoms with van der Waals surface area (Å²) in [5, 5.41) is 27.8. The van der Waals surface area contributed by atoms with Gasteiger partial charge in [0, 0.05) is 6.42 Å². The van der Waals surface area contributed by atoms with Crippen molar-refractivity contribution in [3.63, 3.8) is 0 Å². The summed E-state index contributed by atoms with van der Waals surface area (Å²) in [4.78, 5) is 10.4. The maximum absolute atomic E-state index is 10.4. The Hall–Kier alpha value is -1.65. The molecule has 4 heteroatoms. The third kappa shape index (κ3) is 16.7. The van der Waals surface area contributed by atoms with E-state index in [1.54, 1.807) is 12.2 Å². The van der Waals surface area contributed by atoms with Gasteiger partial charge in [-0.3, -0.25) is 4.79 Å². The summed E-state index contributed by atoms with van der Waals surface area (Å²) in [6.07, 6.45) is 19.9. The SMILES string of the molecule is CCCCC/C=C\C/C=C\C=C\C(O)C/C=C\C(O)CCC(=O)O. The molecule has 0 aromatic carbocycles. The molecule has 0 aromatic rings. The monoisotopic (exact) mass is 336 g/mol. The molecule has 136 valence electrons. The molecule has 0 saturated heterocycles. The Kier molecular flexibility index (Phi) is 15.1. The highest BCUT2D eigenvalue weighted by molar-refractivity contribution is 5.66. The molecule has 0 aliphatic carbocycles. The van der Waals surface area contributed by atoms with E-state index < -0.39 is 18.2 Å². The van der Waals surface area contributed by atoms with Crippen molar-refractivity contribution < 1.29 is 20.1 Å². The first-order valence-electron chi connectivity index (χ1n) is 8.79. The summed E-state index contributed by atoms with van der Waals surface area (Å²) in [6.45, 7) is 2.20. The van der Waals surface area contributed by atoms with Gasteiger partial charge in [-0.2, -0.15) is 0 Å². The second kappa shape index (κ2) is 16.2. The number of aliphatic carboxylic acids is 1. The predicted molar refractivity (Wildman–Crippen MR) is 98.8 cm³/mol. The number of hydrogen-bond acceptors (Lipinski definition) is 3. The molecule has 0 rings (SSSR count). The summed E-state index contributed by atoms with van der Waals surface area (Å²) >= 11 is 0. The molecule has 3 N–H and O–H groups in total. The Morgan fingerprint density at radius 3 is 2.46 bits per heavy atom. The topological polar surface area (TPSA) is 77.8 Å². The van der Waals surface area contributed by atoms with Crippen LogP contribution in [0.1, 0.15) is 58.3 Å². The van der Waals surface area contributed by atoms with Crippen LogP contribution in [0, 0.1) is 0 Å². The predicted octanol–water partition coefficient (Wildman–Crippen LogP) is 4.16. The first-order valence-corrected chi connectivity index (χ1v) is 8.79. The fraction of sp³-hybridized carbons (Fsp3) is 0.550. The molecule has 2 atom stereocenters. The van der Waals surface area contributed by atoms with Crippen LogP contribution >= 0.6 is 0 Å². The Balaban J connectivity index is 3.78. The fourth-order valence-corrected chi connectivity index (χ4v) is 1.98. The highest BCUT2D eigenvalue weighted by atomic mass is 16.4. The van der Waals surface area contributed by atoms with Crippen LogP contribution in [0.3, 0.4) is 0 Å². The van der Waals surface area contributed by atoms with Gasteiger partial charge in [0.25, 0.3) is 0 Å². The second-order valence-corrected chi connectivity index (χ2v) is 5.75. The molecule has 0 amide bonds.